The number of rotatable bonds is 2. The second-order valence-corrected chi connectivity index (χ2v) is 4.71. The molecule has 0 bridgehead atoms. The van der Waals surface area contributed by atoms with Crippen LogP contribution in [0.1, 0.15) is 9.67 Å². The highest BCUT2D eigenvalue weighted by atomic mass is 32.2. The number of hydrogen-bond acceptors (Lipinski definition) is 4. The highest BCUT2D eigenvalue weighted by Gasteiger charge is 2.09. The number of thiophene rings is 1. The number of nitrogens with one attached hydrogen (secondary N) is 1. The van der Waals surface area contributed by atoms with Gasteiger partial charge in [-0.15, -0.1) is 23.1 Å². The third kappa shape index (κ3) is 2.14. The molecule has 1 N–H and O–H groups in total. The lowest BCUT2D eigenvalue weighted by Crippen LogP contribution is -2.05. The van der Waals surface area contributed by atoms with Crippen LogP contribution in [-0.2, 0) is 0 Å². The van der Waals surface area contributed by atoms with E-state index in [0.29, 0.717) is 0 Å². The predicted octanol–water partition coefficient (Wildman–Crippen LogP) is 2.11. The van der Waals surface area contributed by atoms with Crippen LogP contribution in [-0.4, -0.2) is 18.1 Å². The van der Waals surface area contributed by atoms with E-state index in [2.05, 4.69) is 5.32 Å². The fourth-order valence-corrected chi connectivity index (χ4v) is 2.54. The van der Waals surface area contributed by atoms with Crippen LogP contribution in [0.15, 0.2) is 28.6 Å². The number of ketones is 1. The van der Waals surface area contributed by atoms with E-state index in [4.69, 9.17) is 0 Å². The zero-order valence-electron chi connectivity index (χ0n) is 6.95. The molecule has 1 saturated heterocycles. The number of allylic oxidation sites excluding steroid dienone is 1. The van der Waals surface area contributed by atoms with Crippen molar-refractivity contribution < 1.29 is 4.79 Å². The van der Waals surface area contributed by atoms with Crippen LogP contribution in [0, 0.1) is 0 Å². The van der Waals surface area contributed by atoms with E-state index in [9.17, 15) is 4.79 Å². The molecule has 0 aliphatic carbocycles. The highest BCUT2D eigenvalue weighted by Crippen LogP contribution is 2.19. The van der Waals surface area contributed by atoms with Gasteiger partial charge in [-0.2, -0.15) is 0 Å². The Kier molecular flexibility index (Phi) is 2.71. The number of thioether (sulfide) groups is 1. The Morgan fingerprint density at radius 3 is 3.15 bits per heavy atom. The zero-order chi connectivity index (χ0) is 9.10. The van der Waals surface area contributed by atoms with Gasteiger partial charge in [-0.25, -0.2) is 0 Å². The Morgan fingerprint density at radius 1 is 1.62 bits per heavy atom. The number of hydrogen-bond donors (Lipinski definition) is 1. The van der Waals surface area contributed by atoms with Gasteiger partial charge in [0.1, 0.15) is 0 Å². The van der Waals surface area contributed by atoms with E-state index in [1.165, 1.54) is 11.3 Å². The molecule has 0 radical (unpaired) electrons. The fraction of sp³-hybridized carbons (Fsp3) is 0.222. The lowest BCUT2D eigenvalue weighted by molar-refractivity contribution is 0.105. The molecule has 0 atom stereocenters. The summed E-state index contributed by atoms with van der Waals surface area (Å²) < 4.78 is 0. The summed E-state index contributed by atoms with van der Waals surface area (Å²) in [6.45, 7) is 0.966. The molecule has 2 heterocycles. The zero-order valence-corrected chi connectivity index (χ0v) is 8.58. The van der Waals surface area contributed by atoms with Crippen molar-refractivity contribution in [3.8, 4) is 0 Å². The van der Waals surface area contributed by atoms with Crippen molar-refractivity contribution in [2.45, 2.75) is 0 Å². The second-order valence-electron chi connectivity index (χ2n) is 2.63. The lowest BCUT2D eigenvalue weighted by Gasteiger charge is -1.94. The van der Waals surface area contributed by atoms with Gasteiger partial charge in [-0.05, 0) is 11.4 Å². The van der Waals surface area contributed by atoms with Crippen LogP contribution >= 0.6 is 23.1 Å². The minimum atomic E-state index is 0.104. The molecule has 0 amide bonds. The molecule has 1 aromatic heterocycles. The Bertz CT molecular complexity index is 321. The molecular formula is C9H9NOS2. The van der Waals surface area contributed by atoms with Gasteiger partial charge >= 0.3 is 0 Å². The first kappa shape index (κ1) is 8.84. The Morgan fingerprint density at radius 2 is 2.54 bits per heavy atom. The van der Waals surface area contributed by atoms with Crippen molar-refractivity contribution >= 4 is 28.9 Å². The van der Waals surface area contributed by atoms with Crippen molar-refractivity contribution in [2.24, 2.45) is 0 Å². The van der Waals surface area contributed by atoms with Crippen LogP contribution in [0.4, 0.5) is 0 Å². The molecular weight excluding hydrogens is 202 g/mol. The van der Waals surface area contributed by atoms with Crippen LogP contribution in [0.5, 0.6) is 0 Å². The average Bonchev–Trinajstić information content (AvgIpc) is 2.74. The molecule has 1 aliphatic rings. The van der Waals surface area contributed by atoms with E-state index in [0.717, 1.165) is 22.2 Å². The van der Waals surface area contributed by atoms with E-state index < -0.39 is 0 Å². The molecule has 1 fully saturated rings. The molecule has 0 saturated carbocycles. The number of carbonyl (C=O) groups excluding carboxylic acids is 1. The summed E-state index contributed by atoms with van der Waals surface area (Å²) in [6.07, 6.45) is 1.68. The van der Waals surface area contributed by atoms with Crippen molar-refractivity contribution in [3.05, 3.63) is 33.5 Å². The molecule has 13 heavy (non-hydrogen) atoms. The minimum absolute atomic E-state index is 0.104. The normalized spacial score (nSPS) is 18.9. The van der Waals surface area contributed by atoms with Gasteiger partial charge in [-0.1, -0.05) is 6.07 Å². The van der Waals surface area contributed by atoms with Gasteiger partial charge in [-0.3, -0.25) is 4.79 Å². The van der Waals surface area contributed by atoms with Gasteiger partial charge in [0.15, 0.2) is 5.78 Å². The lowest BCUT2D eigenvalue weighted by atomic mass is 10.3. The standard InChI is InChI=1S/C9H9NOS2/c11-7(8-2-1-4-12-8)6-9-10-3-5-13-9/h1-2,4,6,10H,3,5H2/b9-6+. The van der Waals surface area contributed by atoms with Gasteiger partial charge in [0.2, 0.25) is 0 Å². The molecule has 0 aromatic carbocycles. The third-order valence-corrected chi connectivity index (χ3v) is 3.55. The Hall–Kier alpha value is -0.740. The Balaban J connectivity index is 2.10. The van der Waals surface area contributed by atoms with E-state index in [1.807, 2.05) is 17.5 Å². The number of carbonyl (C=O) groups is 1. The molecule has 2 nitrogen and oxygen atoms in total. The first-order valence-electron chi connectivity index (χ1n) is 4.02. The van der Waals surface area contributed by atoms with E-state index >= 15 is 0 Å². The third-order valence-electron chi connectivity index (χ3n) is 1.69. The van der Waals surface area contributed by atoms with E-state index in [-0.39, 0.29) is 5.78 Å². The molecule has 0 unspecified atom stereocenters. The maximum Gasteiger partial charge on any atom is 0.198 e. The van der Waals surface area contributed by atoms with E-state index in [1.54, 1.807) is 17.8 Å². The minimum Gasteiger partial charge on any atom is -0.379 e. The van der Waals surface area contributed by atoms with Crippen molar-refractivity contribution in [3.63, 3.8) is 0 Å². The molecule has 2 rings (SSSR count). The summed E-state index contributed by atoms with van der Waals surface area (Å²) >= 11 is 3.18. The highest BCUT2D eigenvalue weighted by molar-refractivity contribution is 8.03. The molecule has 1 aromatic rings. The molecule has 68 valence electrons. The first-order chi connectivity index (χ1) is 6.36. The quantitative estimate of drug-likeness (QED) is 0.600. The SMILES string of the molecule is O=C(/C=C1\NCCS1)c1cccs1. The van der Waals surface area contributed by atoms with Crippen molar-refractivity contribution in [1.29, 1.82) is 0 Å². The van der Waals surface area contributed by atoms with Crippen LogP contribution < -0.4 is 5.32 Å². The maximum absolute atomic E-state index is 11.5. The second kappa shape index (κ2) is 3.98. The van der Waals surface area contributed by atoms with Crippen LogP contribution in [0.25, 0.3) is 0 Å². The average molecular weight is 211 g/mol. The Labute approximate surface area is 85.0 Å². The summed E-state index contributed by atoms with van der Waals surface area (Å²) in [5.41, 5.74) is 0. The van der Waals surface area contributed by atoms with Gasteiger partial charge < -0.3 is 5.32 Å². The van der Waals surface area contributed by atoms with Gasteiger partial charge in [0, 0.05) is 18.4 Å². The fourth-order valence-electron chi connectivity index (χ4n) is 1.09. The van der Waals surface area contributed by atoms with Crippen molar-refractivity contribution in [2.75, 3.05) is 12.3 Å². The van der Waals surface area contributed by atoms with Gasteiger partial charge in [0.25, 0.3) is 0 Å². The molecule has 1 aliphatic heterocycles. The predicted molar refractivity (Wildman–Crippen MR) is 57.2 cm³/mol. The smallest absolute Gasteiger partial charge is 0.198 e. The monoisotopic (exact) mass is 211 g/mol. The topological polar surface area (TPSA) is 29.1 Å². The summed E-state index contributed by atoms with van der Waals surface area (Å²) in [7, 11) is 0. The van der Waals surface area contributed by atoms with Crippen LogP contribution in [0.2, 0.25) is 0 Å². The summed E-state index contributed by atoms with van der Waals surface area (Å²) in [4.78, 5) is 12.3. The van der Waals surface area contributed by atoms with Crippen molar-refractivity contribution in [1.82, 2.24) is 5.32 Å². The largest absolute Gasteiger partial charge is 0.379 e. The maximum atomic E-state index is 11.5. The molecule has 0 spiro atoms. The summed E-state index contributed by atoms with van der Waals surface area (Å²) in [6, 6.07) is 3.75. The first-order valence-corrected chi connectivity index (χ1v) is 5.89. The van der Waals surface area contributed by atoms with Crippen LogP contribution in [0.3, 0.4) is 0 Å². The molecule has 4 heteroatoms. The van der Waals surface area contributed by atoms with Gasteiger partial charge in [0.05, 0.1) is 9.91 Å². The summed E-state index contributed by atoms with van der Waals surface area (Å²) in [5.74, 6) is 1.16. The summed E-state index contributed by atoms with van der Waals surface area (Å²) in [5, 5.41) is 6.07.